The molecule has 0 radical (unpaired) electrons. The maximum absolute atomic E-state index is 13.3. The van der Waals surface area contributed by atoms with Gasteiger partial charge >= 0.3 is 0 Å². The maximum Gasteiger partial charge on any atom is 0.240 e. The van der Waals surface area contributed by atoms with Crippen molar-refractivity contribution in [1.82, 2.24) is 19.9 Å². The van der Waals surface area contributed by atoms with Gasteiger partial charge in [-0.05, 0) is 54.8 Å². The zero-order valence-corrected chi connectivity index (χ0v) is 19.1. The van der Waals surface area contributed by atoms with E-state index in [1.807, 2.05) is 77.4 Å². The number of hydrogen-bond acceptors (Lipinski definition) is 4. The number of hydrogen-bond donors (Lipinski definition) is 2. The average molecular weight is 457 g/mol. The molecule has 0 aliphatic heterocycles. The van der Waals surface area contributed by atoms with Crippen molar-refractivity contribution in [2.75, 3.05) is 12.0 Å². The third-order valence-electron chi connectivity index (χ3n) is 5.86. The van der Waals surface area contributed by atoms with Crippen LogP contribution < -0.4 is 10.7 Å². The van der Waals surface area contributed by atoms with E-state index in [2.05, 4.69) is 16.6 Å². The lowest BCUT2D eigenvalue weighted by atomic mass is 10.1. The Kier molecular flexibility index (Phi) is 5.88. The van der Waals surface area contributed by atoms with Crippen LogP contribution in [0.25, 0.3) is 32.8 Å². The van der Waals surface area contributed by atoms with Crippen molar-refractivity contribution >= 4 is 50.5 Å². The van der Waals surface area contributed by atoms with Gasteiger partial charge < -0.3 is 14.9 Å². The molecule has 1 amide bonds. The largest absolute Gasteiger partial charge is 0.345 e. The highest BCUT2D eigenvalue weighted by atomic mass is 32.2. The molecule has 0 aliphatic carbocycles. The summed E-state index contributed by atoms with van der Waals surface area (Å²) in [6.45, 7) is 0.108. The number of imidazole rings is 1. The Morgan fingerprint density at radius 3 is 2.30 bits per heavy atom. The molecule has 0 fully saturated rings. The first-order valence-electron chi connectivity index (χ1n) is 10.9. The summed E-state index contributed by atoms with van der Waals surface area (Å²) in [5.74, 6) is 1.53. The number of rotatable bonds is 7. The molecule has 0 aliphatic rings. The number of H-pyrrole nitrogens is 1. The summed E-state index contributed by atoms with van der Waals surface area (Å²) in [4.78, 5) is 34.3. The number of aromatic nitrogens is 3. The number of amides is 1. The number of para-hydroxylation sites is 4. The first-order chi connectivity index (χ1) is 16.2. The minimum absolute atomic E-state index is 0.0158. The molecule has 6 nitrogen and oxygen atoms in total. The van der Waals surface area contributed by atoms with Gasteiger partial charge in [-0.3, -0.25) is 9.59 Å². The molecule has 166 valence electrons. The van der Waals surface area contributed by atoms with E-state index >= 15 is 0 Å². The van der Waals surface area contributed by atoms with Crippen molar-refractivity contribution in [2.45, 2.75) is 19.0 Å². The second kappa shape index (κ2) is 9.11. The fraction of sp³-hybridized carbons (Fsp3) is 0.192. The number of fused-ring (bicyclic) bond motifs is 3. The summed E-state index contributed by atoms with van der Waals surface area (Å²) >= 11 is 1.74. The van der Waals surface area contributed by atoms with E-state index in [0.717, 1.165) is 40.1 Å². The Balaban J connectivity index is 1.50. The Labute approximate surface area is 195 Å². The lowest BCUT2D eigenvalue weighted by Crippen LogP contribution is -2.33. The van der Waals surface area contributed by atoms with Crippen LogP contribution in [0.5, 0.6) is 0 Å². The van der Waals surface area contributed by atoms with Crippen LogP contribution in [-0.4, -0.2) is 32.5 Å². The van der Waals surface area contributed by atoms with Gasteiger partial charge in [0.25, 0.3) is 0 Å². The number of nitrogens with zero attached hydrogens (tertiary/aromatic N) is 2. The van der Waals surface area contributed by atoms with Crippen molar-refractivity contribution in [3.63, 3.8) is 0 Å². The minimum atomic E-state index is -0.228. The second-order valence-electron chi connectivity index (χ2n) is 7.99. The highest BCUT2D eigenvalue weighted by Gasteiger charge is 2.20. The maximum atomic E-state index is 13.3. The first-order valence-corrected chi connectivity index (χ1v) is 12.3. The van der Waals surface area contributed by atoms with Gasteiger partial charge in [0.15, 0.2) is 5.43 Å². The molecule has 0 saturated heterocycles. The van der Waals surface area contributed by atoms with Crippen LogP contribution in [0.4, 0.5) is 0 Å². The zero-order chi connectivity index (χ0) is 22.8. The Bertz CT molecular complexity index is 1430. The minimum Gasteiger partial charge on any atom is -0.345 e. The Hall–Kier alpha value is -3.58. The average Bonchev–Trinajstić information content (AvgIpc) is 3.28. The van der Waals surface area contributed by atoms with E-state index in [1.165, 1.54) is 0 Å². The van der Waals surface area contributed by atoms with Crippen molar-refractivity contribution in [1.29, 1.82) is 0 Å². The lowest BCUT2D eigenvalue weighted by Gasteiger charge is -2.19. The van der Waals surface area contributed by atoms with Crippen molar-refractivity contribution in [3.8, 4) is 0 Å². The van der Waals surface area contributed by atoms with E-state index < -0.39 is 0 Å². The van der Waals surface area contributed by atoms with Crippen LogP contribution in [0.3, 0.4) is 0 Å². The van der Waals surface area contributed by atoms with Crippen LogP contribution in [0.2, 0.25) is 0 Å². The third kappa shape index (κ3) is 4.12. The van der Waals surface area contributed by atoms with Gasteiger partial charge in [0.2, 0.25) is 5.91 Å². The molecule has 0 saturated carbocycles. The van der Waals surface area contributed by atoms with Crippen molar-refractivity contribution in [2.24, 2.45) is 0 Å². The molecule has 5 aromatic rings. The van der Waals surface area contributed by atoms with Crippen LogP contribution >= 0.6 is 11.8 Å². The lowest BCUT2D eigenvalue weighted by molar-refractivity contribution is -0.122. The fourth-order valence-corrected chi connectivity index (χ4v) is 4.75. The van der Waals surface area contributed by atoms with Crippen LogP contribution in [0, 0.1) is 0 Å². The number of aromatic amines is 1. The quantitative estimate of drug-likeness (QED) is 0.350. The molecule has 33 heavy (non-hydrogen) atoms. The highest BCUT2D eigenvalue weighted by Crippen LogP contribution is 2.22. The fourth-order valence-electron chi connectivity index (χ4n) is 4.28. The molecule has 5 rings (SSSR count). The van der Waals surface area contributed by atoms with Gasteiger partial charge in [0, 0.05) is 10.8 Å². The summed E-state index contributed by atoms with van der Waals surface area (Å²) in [6.07, 6.45) is 2.81. The SMILES string of the molecule is CSCC[C@H](NC(=O)Cn1c2ccccc2c(=O)c2ccccc21)c1nc2ccccc2[nH]1. The molecular weight excluding hydrogens is 432 g/mol. The molecule has 0 unspecified atom stereocenters. The molecule has 7 heteroatoms. The molecule has 1 atom stereocenters. The predicted molar refractivity (Wildman–Crippen MR) is 136 cm³/mol. The van der Waals surface area contributed by atoms with Gasteiger partial charge in [-0.1, -0.05) is 36.4 Å². The number of carbonyl (C=O) groups is 1. The van der Waals surface area contributed by atoms with Crippen molar-refractivity contribution in [3.05, 3.63) is 88.8 Å². The van der Waals surface area contributed by atoms with Crippen LogP contribution in [-0.2, 0) is 11.3 Å². The third-order valence-corrected chi connectivity index (χ3v) is 6.51. The van der Waals surface area contributed by atoms with Crippen LogP contribution in [0.15, 0.2) is 77.6 Å². The molecule has 2 heterocycles. The normalized spacial score (nSPS) is 12.4. The molecule has 2 aromatic heterocycles. The summed E-state index contributed by atoms with van der Waals surface area (Å²) in [6, 6.07) is 22.5. The first kappa shape index (κ1) is 21.3. The smallest absolute Gasteiger partial charge is 0.240 e. The van der Waals surface area contributed by atoms with Gasteiger partial charge in [-0.25, -0.2) is 4.98 Å². The van der Waals surface area contributed by atoms with E-state index in [0.29, 0.717) is 10.8 Å². The second-order valence-corrected chi connectivity index (χ2v) is 8.98. The van der Waals surface area contributed by atoms with E-state index in [4.69, 9.17) is 4.98 Å². The Morgan fingerprint density at radius 1 is 1.00 bits per heavy atom. The highest BCUT2D eigenvalue weighted by molar-refractivity contribution is 7.98. The van der Waals surface area contributed by atoms with Gasteiger partial charge in [-0.15, -0.1) is 0 Å². The predicted octanol–water partition coefficient (Wildman–Crippen LogP) is 4.64. The van der Waals surface area contributed by atoms with E-state index in [9.17, 15) is 9.59 Å². The number of thioether (sulfide) groups is 1. The van der Waals surface area contributed by atoms with Gasteiger partial charge in [0.05, 0.1) is 28.1 Å². The number of carbonyl (C=O) groups excluding carboxylic acids is 1. The Morgan fingerprint density at radius 2 is 1.64 bits per heavy atom. The number of pyridine rings is 1. The van der Waals surface area contributed by atoms with Gasteiger partial charge in [-0.2, -0.15) is 11.8 Å². The monoisotopic (exact) mass is 456 g/mol. The topological polar surface area (TPSA) is 79.8 Å². The molecule has 3 aromatic carbocycles. The summed E-state index contributed by atoms with van der Waals surface area (Å²) in [7, 11) is 0. The standard InChI is InChI=1S/C26H24N4O2S/c1-33-15-14-21(26-28-19-10-4-5-11-20(19)29-26)27-24(31)16-30-22-12-6-2-8-17(22)25(32)18-9-3-7-13-23(18)30/h2-13,21H,14-16H2,1H3,(H,27,31)(H,28,29)/t21-/m0/s1. The zero-order valence-electron chi connectivity index (χ0n) is 18.2. The number of benzene rings is 3. The molecule has 0 spiro atoms. The van der Waals surface area contributed by atoms with E-state index in [1.54, 1.807) is 11.8 Å². The molecule has 0 bridgehead atoms. The summed E-state index contributed by atoms with van der Waals surface area (Å²) in [5.41, 5.74) is 3.32. The van der Waals surface area contributed by atoms with Crippen molar-refractivity contribution < 1.29 is 4.79 Å². The molecular formula is C26H24N4O2S. The molecule has 2 N–H and O–H groups in total. The van der Waals surface area contributed by atoms with Gasteiger partial charge in [0.1, 0.15) is 12.4 Å². The van der Waals surface area contributed by atoms with E-state index in [-0.39, 0.29) is 23.9 Å². The summed E-state index contributed by atoms with van der Waals surface area (Å²) in [5, 5.41) is 4.40. The number of nitrogens with one attached hydrogen (secondary N) is 2. The van der Waals surface area contributed by atoms with Crippen LogP contribution in [0.1, 0.15) is 18.3 Å². The summed E-state index contributed by atoms with van der Waals surface area (Å²) < 4.78 is 1.92.